The molecule has 1 atom stereocenters. The SMILES string of the molecule is COc1ccc(OC)c(C2CCCN2C(=O)c2cc3cc([N+](=O)[O-])ccc3s2)c1. The van der Waals surface area contributed by atoms with Gasteiger partial charge in [-0.05, 0) is 43.2 Å². The molecule has 1 saturated heterocycles. The molecule has 150 valence electrons. The van der Waals surface area contributed by atoms with E-state index in [2.05, 4.69) is 0 Å². The third-order valence-corrected chi connectivity index (χ3v) is 6.34. The van der Waals surface area contributed by atoms with Crippen LogP contribution in [0.3, 0.4) is 0 Å². The van der Waals surface area contributed by atoms with Gasteiger partial charge in [-0.15, -0.1) is 11.3 Å². The Bertz CT molecular complexity index is 1090. The Balaban J connectivity index is 1.68. The molecule has 1 amide bonds. The third kappa shape index (κ3) is 3.51. The van der Waals surface area contributed by atoms with Gasteiger partial charge in [-0.1, -0.05) is 0 Å². The summed E-state index contributed by atoms with van der Waals surface area (Å²) in [6, 6.07) is 11.9. The summed E-state index contributed by atoms with van der Waals surface area (Å²) in [5.41, 5.74) is 0.948. The maximum atomic E-state index is 13.3. The molecule has 0 spiro atoms. The maximum absolute atomic E-state index is 13.3. The first-order chi connectivity index (χ1) is 14.0. The number of ether oxygens (including phenoxy) is 2. The summed E-state index contributed by atoms with van der Waals surface area (Å²) < 4.78 is 11.7. The highest BCUT2D eigenvalue weighted by Crippen LogP contribution is 2.40. The molecule has 3 aromatic rings. The summed E-state index contributed by atoms with van der Waals surface area (Å²) in [5.74, 6) is 1.37. The number of likely N-dealkylation sites (tertiary alicyclic amines) is 1. The Morgan fingerprint density at radius 1 is 1.17 bits per heavy atom. The van der Waals surface area contributed by atoms with Crippen LogP contribution in [-0.4, -0.2) is 36.5 Å². The van der Waals surface area contributed by atoms with Gasteiger partial charge in [0.05, 0.1) is 30.1 Å². The largest absolute Gasteiger partial charge is 0.497 e. The van der Waals surface area contributed by atoms with E-state index in [4.69, 9.17) is 9.47 Å². The number of benzene rings is 2. The molecule has 0 N–H and O–H groups in total. The normalized spacial score (nSPS) is 16.2. The van der Waals surface area contributed by atoms with Gasteiger partial charge >= 0.3 is 0 Å². The summed E-state index contributed by atoms with van der Waals surface area (Å²) in [4.78, 5) is 26.3. The van der Waals surface area contributed by atoms with E-state index in [1.807, 2.05) is 23.1 Å². The number of methoxy groups -OCH3 is 2. The smallest absolute Gasteiger partial charge is 0.270 e. The molecule has 1 aromatic heterocycles. The van der Waals surface area contributed by atoms with Crippen LogP contribution < -0.4 is 9.47 Å². The Kier molecular flexibility index (Phi) is 5.10. The number of thiophene rings is 1. The van der Waals surface area contributed by atoms with E-state index >= 15 is 0 Å². The van der Waals surface area contributed by atoms with Crippen LogP contribution in [0.5, 0.6) is 11.5 Å². The molecule has 0 bridgehead atoms. The van der Waals surface area contributed by atoms with Gasteiger partial charge < -0.3 is 14.4 Å². The monoisotopic (exact) mass is 412 g/mol. The fraction of sp³-hybridized carbons (Fsp3) is 0.286. The van der Waals surface area contributed by atoms with Crippen LogP contribution in [0.25, 0.3) is 10.1 Å². The third-order valence-electron chi connectivity index (χ3n) is 5.23. The Hall–Kier alpha value is -3.13. The number of rotatable bonds is 5. The average Bonchev–Trinajstić information content (AvgIpc) is 3.39. The minimum Gasteiger partial charge on any atom is -0.497 e. The van der Waals surface area contributed by atoms with E-state index in [0.29, 0.717) is 22.6 Å². The molecular weight excluding hydrogens is 392 g/mol. The lowest BCUT2D eigenvalue weighted by atomic mass is 10.0. The van der Waals surface area contributed by atoms with Crippen molar-refractivity contribution in [3.8, 4) is 11.5 Å². The van der Waals surface area contributed by atoms with Crippen molar-refractivity contribution in [2.75, 3.05) is 20.8 Å². The van der Waals surface area contributed by atoms with E-state index in [1.54, 1.807) is 26.4 Å². The van der Waals surface area contributed by atoms with Crippen LogP contribution >= 0.6 is 11.3 Å². The molecule has 8 heteroatoms. The van der Waals surface area contributed by atoms with Crippen molar-refractivity contribution in [3.05, 3.63) is 63.0 Å². The van der Waals surface area contributed by atoms with E-state index in [1.165, 1.54) is 23.5 Å². The Morgan fingerprint density at radius 3 is 2.72 bits per heavy atom. The fourth-order valence-corrected chi connectivity index (χ4v) is 4.82. The number of non-ortho nitro benzene ring substituents is 1. The van der Waals surface area contributed by atoms with Gasteiger partial charge in [0.25, 0.3) is 11.6 Å². The van der Waals surface area contributed by atoms with Crippen LogP contribution in [0.15, 0.2) is 42.5 Å². The molecular formula is C21H20N2O5S. The molecule has 1 aliphatic heterocycles. The zero-order valence-corrected chi connectivity index (χ0v) is 16.9. The van der Waals surface area contributed by atoms with Gasteiger partial charge in [-0.3, -0.25) is 14.9 Å². The summed E-state index contributed by atoms with van der Waals surface area (Å²) in [7, 11) is 3.23. The Labute approximate surface area is 171 Å². The minimum absolute atomic E-state index is 0.0227. The number of nitrogens with zero attached hydrogens (tertiary/aromatic N) is 2. The first kappa shape index (κ1) is 19.2. The Morgan fingerprint density at radius 2 is 2.00 bits per heavy atom. The highest BCUT2D eigenvalue weighted by atomic mass is 32.1. The second-order valence-corrected chi connectivity index (χ2v) is 7.94. The zero-order valence-electron chi connectivity index (χ0n) is 16.1. The molecule has 4 rings (SSSR count). The topological polar surface area (TPSA) is 81.9 Å². The van der Waals surface area contributed by atoms with Gasteiger partial charge in [-0.25, -0.2) is 0 Å². The van der Waals surface area contributed by atoms with Crippen LogP contribution in [-0.2, 0) is 0 Å². The molecule has 7 nitrogen and oxygen atoms in total. The molecule has 0 radical (unpaired) electrons. The molecule has 2 aromatic carbocycles. The zero-order chi connectivity index (χ0) is 20.5. The van der Waals surface area contributed by atoms with E-state index < -0.39 is 4.92 Å². The van der Waals surface area contributed by atoms with E-state index in [-0.39, 0.29) is 17.6 Å². The number of nitro groups is 1. The molecule has 0 saturated carbocycles. The summed E-state index contributed by atoms with van der Waals surface area (Å²) in [5, 5.41) is 11.7. The van der Waals surface area contributed by atoms with Crippen molar-refractivity contribution in [1.29, 1.82) is 0 Å². The van der Waals surface area contributed by atoms with Crippen LogP contribution in [0, 0.1) is 10.1 Å². The van der Waals surface area contributed by atoms with Gasteiger partial charge in [0.15, 0.2) is 0 Å². The fourth-order valence-electron chi connectivity index (χ4n) is 3.82. The number of carbonyl (C=O) groups excluding carboxylic acids is 1. The predicted molar refractivity (Wildman–Crippen MR) is 111 cm³/mol. The number of hydrogen-bond donors (Lipinski definition) is 0. The molecule has 29 heavy (non-hydrogen) atoms. The number of fused-ring (bicyclic) bond motifs is 1. The summed E-state index contributed by atoms with van der Waals surface area (Å²) in [6.45, 7) is 0.651. The highest BCUT2D eigenvalue weighted by molar-refractivity contribution is 7.20. The van der Waals surface area contributed by atoms with Gasteiger partial charge in [-0.2, -0.15) is 0 Å². The molecule has 0 aliphatic carbocycles. The van der Waals surface area contributed by atoms with Crippen molar-refractivity contribution >= 4 is 33.0 Å². The van der Waals surface area contributed by atoms with E-state index in [0.717, 1.165) is 28.9 Å². The minimum atomic E-state index is -0.426. The van der Waals surface area contributed by atoms with Crippen LogP contribution in [0.1, 0.15) is 34.1 Å². The molecule has 1 aliphatic rings. The van der Waals surface area contributed by atoms with E-state index in [9.17, 15) is 14.9 Å². The van der Waals surface area contributed by atoms with Crippen molar-refractivity contribution < 1.29 is 19.2 Å². The van der Waals surface area contributed by atoms with Gasteiger partial charge in [0.2, 0.25) is 0 Å². The highest BCUT2D eigenvalue weighted by Gasteiger charge is 2.33. The number of nitro benzene ring substituents is 1. The van der Waals surface area contributed by atoms with Crippen molar-refractivity contribution in [2.24, 2.45) is 0 Å². The number of amides is 1. The second kappa shape index (κ2) is 7.71. The van der Waals surface area contributed by atoms with Crippen LogP contribution in [0.4, 0.5) is 5.69 Å². The molecule has 1 unspecified atom stereocenters. The van der Waals surface area contributed by atoms with Gasteiger partial charge in [0, 0.05) is 34.3 Å². The summed E-state index contributed by atoms with van der Waals surface area (Å²) >= 11 is 1.36. The van der Waals surface area contributed by atoms with Crippen LogP contribution in [0.2, 0.25) is 0 Å². The lowest BCUT2D eigenvalue weighted by Gasteiger charge is -2.26. The average molecular weight is 412 g/mol. The lowest BCUT2D eigenvalue weighted by Crippen LogP contribution is -2.30. The number of carbonyl (C=O) groups is 1. The second-order valence-electron chi connectivity index (χ2n) is 6.85. The molecule has 2 heterocycles. The van der Waals surface area contributed by atoms with Crippen molar-refractivity contribution in [3.63, 3.8) is 0 Å². The van der Waals surface area contributed by atoms with Crippen molar-refractivity contribution in [1.82, 2.24) is 4.90 Å². The maximum Gasteiger partial charge on any atom is 0.270 e. The quantitative estimate of drug-likeness (QED) is 0.444. The van der Waals surface area contributed by atoms with Crippen molar-refractivity contribution in [2.45, 2.75) is 18.9 Å². The molecule has 1 fully saturated rings. The summed E-state index contributed by atoms with van der Waals surface area (Å²) in [6.07, 6.45) is 1.73. The standard InChI is InChI=1S/C21H20N2O5S/c1-27-15-6-7-18(28-2)16(12-15)17-4-3-9-22(17)21(24)20-11-13-10-14(23(25)26)5-8-19(13)29-20/h5-8,10-12,17H,3-4,9H2,1-2H3. The predicted octanol–water partition coefficient (Wildman–Crippen LogP) is 4.80. The lowest BCUT2D eigenvalue weighted by molar-refractivity contribution is -0.384. The first-order valence-electron chi connectivity index (χ1n) is 9.22. The number of hydrogen-bond acceptors (Lipinski definition) is 6. The first-order valence-corrected chi connectivity index (χ1v) is 10.0. The van der Waals surface area contributed by atoms with Gasteiger partial charge in [0.1, 0.15) is 11.5 Å².